The average Bonchev–Trinajstić information content (AvgIpc) is 2.71. The van der Waals surface area contributed by atoms with Crippen LogP contribution < -0.4 is 4.74 Å². The van der Waals surface area contributed by atoms with Crippen molar-refractivity contribution in [2.45, 2.75) is 24.9 Å². The van der Waals surface area contributed by atoms with Crippen LogP contribution in [0.4, 0.5) is 0 Å². The number of rotatable bonds is 7. The molecule has 0 fully saturated rings. The van der Waals surface area contributed by atoms with Gasteiger partial charge in [-0.15, -0.1) is 0 Å². The smallest absolute Gasteiger partial charge is 0.119 e. The number of hydrogen-bond acceptors (Lipinski definition) is 4. The van der Waals surface area contributed by atoms with Crippen LogP contribution >= 0.6 is 0 Å². The standard InChI is InChI=1S/C20H21N3O3/c1-24-17-9-5-6-15(12-17)14-25-19-11-10-18(16-7-3-2-4-8-16)26-20(19)13-22-23-21/h2-12,18-20H,13-14H2,1H3/t18-,19-,20-/m0/s1. The Kier molecular flexibility index (Phi) is 6.28. The molecule has 2 aromatic carbocycles. The molecule has 0 spiro atoms. The molecule has 26 heavy (non-hydrogen) atoms. The third-order valence-electron chi connectivity index (χ3n) is 4.19. The highest BCUT2D eigenvalue weighted by molar-refractivity contribution is 5.28. The molecule has 3 rings (SSSR count). The molecule has 3 atom stereocenters. The van der Waals surface area contributed by atoms with E-state index >= 15 is 0 Å². The Hall–Kier alpha value is -2.79. The first-order chi connectivity index (χ1) is 12.8. The first-order valence-electron chi connectivity index (χ1n) is 8.44. The lowest BCUT2D eigenvalue weighted by molar-refractivity contribution is -0.0839. The van der Waals surface area contributed by atoms with E-state index in [0.29, 0.717) is 6.61 Å². The van der Waals surface area contributed by atoms with Crippen molar-refractivity contribution in [2.75, 3.05) is 13.7 Å². The van der Waals surface area contributed by atoms with E-state index in [-0.39, 0.29) is 24.9 Å². The van der Waals surface area contributed by atoms with Crippen molar-refractivity contribution in [3.05, 3.63) is 88.3 Å². The minimum absolute atomic E-state index is 0.174. The molecule has 0 saturated carbocycles. The summed E-state index contributed by atoms with van der Waals surface area (Å²) < 4.78 is 17.4. The number of methoxy groups -OCH3 is 1. The van der Waals surface area contributed by atoms with Gasteiger partial charge >= 0.3 is 0 Å². The molecule has 1 aliphatic rings. The molecule has 6 nitrogen and oxygen atoms in total. The van der Waals surface area contributed by atoms with Crippen molar-refractivity contribution in [1.29, 1.82) is 0 Å². The van der Waals surface area contributed by atoms with Gasteiger partial charge in [-0.2, -0.15) is 0 Å². The van der Waals surface area contributed by atoms with E-state index in [1.807, 2.05) is 66.7 Å². The Morgan fingerprint density at radius 3 is 2.73 bits per heavy atom. The minimum atomic E-state index is -0.341. The van der Waals surface area contributed by atoms with Crippen LogP contribution in [0.3, 0.4) is 0 Å². The van der Waals surface area contributed by atoms with E-state index < -0.39 is 0 Å². The van der Waals surface area contributed by atoms with Gasteiger partial charge in [-0.05, 0) is 28.8 Å². The van der Waals surface area contributed by atoms with Crippen LogP contribution in [0, 0.1) is 0 Å². The van der Waals surface area contributed by atoms with E-state index in [2.05, 4.69) is 10.0 Å². The largest absolute Gasteiger partial charge is 0.497 e. The summed E-state index contributed by atoms with van der Waals surface area (Å²) in [6.07, 6.45) is 3.17. The van der Waals surface area contributed by atoms with Gasteiger partial charge in [-0.1, -0.05) is 59.7 Å². The molecule has 0 N–H and O–H groups in total. The number of hydrogen-bond donors (Lipinski definition) is 0. The molecule has 0 bridgehead atoms. The molecule has 134 valence electrons. The third-order valence-corrected chi connectivity index (χ3v) is 4.19. The lowest BCUT2D eigenvalue weighted by atomic mass is 10.0. The fraction of sp³-hybridized carbons (Fsp3) is 0.300. The number of azide groups is 1. The number of ether oxygens (including phenoxy) is 3. The number of nitrogens with zero attached hydrogens (tertiary/aromatic N) is 3. The van der Waals surface area contributed by atoms with Gasteiger partial charge in [0.15, 0.2) is 0 Å². The molecule has 1 heterocycles. The van der Waals surface area contributed by atoms with Crippen LogP contribution in [0.1, 0.15) is 17.2 Å². The van der Waals surface area contributed by atoms with Crippen LogP contribution in [0.15, 0.2) is 71.9 Å². The molecule has 0 aliphatic carbocycles. The fourth-order valence-electron chi connectivity index (χ4n) is 2.86. The predicted molar refractivity (Wildman–Crippen MR) is 98.8 cm³/mol. The van der Waals surface area contributed by atoms with Gasteiger partial charge < -0.3 is 14.2 Å². The summed E-state index contributed by atoms with van der Waals surface area (Å²) in [5, 5.41) is 3.68. The van der Waals surface area contributed by atoms with Crippen molar-refractivity contribution < 1.29 is 14.2 Å². The van der Waals surface area contributed by atoms with E-state index in [1.54, 1.807) is 7.11 Å². The van der Waals surface area contributed by atoms with Gasteiger partial charge in [0, 0.05) is 4.91 Å². The Balaban J connectivity index is 1.70. The normalized spacial score (nSPS) is 21.8. The lowest BCUT2D eigenvalue weighted by Gasteiger charge is -2.32. The molecule has 0 unspecified atom stereocenters. The monoisotopic (exact) mass is 351 g/mol. The summed E-state index contributed by atoms with van der Waals surface area (Å²) in [5.74, 6) is 0.788. The predicted octanol–water partition coefficient (Wildman–Crippen LogP) is 4.59. The van der Waals surface area contributed by atoms with Crippen molar-refractivity contribution in [3.63, 3.8) is 0 Å². The Labute approximate surface area is 152 Å². The molecule has 0 amide bonds. The van der Waals surface area contributed by atoms with Crippen molar-refractivity contribution in [3.8, 4) is 5.75 Å². The van der Waals surface area contributed by atoms with E-state index in [9.17, 15) is 0 Å². The maximum atomic E-state index is 8.66. The second-order valence-electron chi connectivity index (χ2n) is 5.93. The van der Waals surface area contributed by atoms with Crippen LogP contribution in [0.2, 0.25) is 0 Å². The Morgan fingerprint density at radius 2 is 1.96 bits per heavy atom. The minimum Gasteiger partial charge on any atom is -0.497 e. The lowest BCUT2D eigenvalue weighted by Crippen LogP contribution is -2.36. The quantitative estimate of drug-likeness (QED) is 0.317. The van der Waals surface area contributed by atoms with Crippen LogP contribution in [0.5, 0.6) is 5.75 Å². The molecular weight excluding hydrogens is 330 g/mol. The van der Waals surface area contributed by atoms with E-state index in [1.165, 1.54) is 0 Å². The van der Waals surface area contributed by atoms with Gasteiger partial charge in [0.2, 0.25) is 0 Å². The zero-order valence-electron chi connectivity index (χ0n) is 14.6. The van der Waals surface area contributed by atoms with Gasteiger partial charge in [-0.3, -0.25) is 0 Å². The zero-order valence-corrected chi connectivity index (χ0v) is 14.6. The number of benzene rings is 2. The highest BCUT2D eigenvalue weighted by Crippen LogP contribution is 2.28. The maximum Gasteiger partial charge on any atom is 0.119 e. The average molecular weight is 351 g/mol. The highest BCUT2D eigenvalue weighted by Gasteiger charge is 2.28. The van der Waals surface area contributed by atoms with Crippen LogP contribution in [-0.2, 0) is 16.1 Å². The van der Waals surface area contributed by atoms with Crippen molar-refractivity contribution >= 4 is 0 Å². The van der Waals surface area contributed by atoms with E-state index in [0.717, 1.165) is 16.9 Å². The summed E-state index contributed by atoms with van der Waals surface area (Å²) >= 11 is 0. The molecular formula is C20H21N3O3. The summed E-state index contributed by atoms with van der Waals surface area (Å²) in [6, 6.07) is 17.7. The second-order valence-corrected chi connectivity index (χ2v) is 5.93. The summed E-state index contributed by atoms with van der Waals surface area (Å²) in [5.41, 5.74) is 10.7. The van der Waals surface area contributed by atoms with Gasteiger partial charge in [0.05, 0.1) is 26.4 Å². The van der Waals surface area contributed by atoms with Crippen molar-refractivity contribution in [2.24, 2.45) is 5.11 Å². The maximum absolute atomic E-state index is 8.66. The van der Waals surface area contributed by atoms with Gasteiger partial charge in [0.1, 0.15) is 18.0 Å². The van der Waals surface area contributed by atoms with Crippen molar-refractivity contribution in [1.82, 2.24) is 0 Å². The molecule has 2 aromatic rings. The van der Waals surface area contributed by atoms with Gasteiger partial charge in [0.25, 0.3) is 0 Å². The SMILES string of the molecule is COc1cccc(CO[C@H]2C=C[C@@H](c3ccccc3)O[C@H]2CN=[N+]=[N-])c1. The molecule has 1 aliphatic heterocycles. The molecule has 0 radical (unpaired) electrons. The molecule has 6 heteroatoms. The Morgan fingerprint density at radius 1 is 1.12 bits per heavy atom. The summed E-state index contributed by atoms with van der Waals surface area (Å²) in [6.45, 7) is 0.630. The summed E-state index contributed by atoms with van der Waals surface area (Å²) in [4.78, 5) is 2.85. The van der Waals surface area contributed by atoms with E-state index in [4.69, 9.17) is 19.7 Å². The molecule has 0 aromatic heterocycles. The topological polar surface area (TPSA) is 76.5 Å². The third kappa shape index (κ3) is 4.64. The first-order valence-corrected chi connectivity index (χ1v) is 8.44. The second kappa shape index (κ2) is 9.06. The van der Waals surface area contributed by atoms with Crippen LogP contribution in [-0.4, -0.2) is 25.9 Å². The first kappa shape index (κ1) is 18.0. The highest BCUT2D eigenvalue weighted by atomic mass is 16.5. The Bertz CT molecular complexity index is 788. The van der Waals surface area contributed by atoms with Crippen LogP contribution in [0.25, 0.3) is 10.4 Å². The zero-order chi connectivity index (χ0) is 18.2. The summed E-state index contributed by atoms with van der Waals surface area (Å²) in [7, 11) is 1.64. The molecule has 0 saturated heterocycles. The fourth-order valence-corrected chi connectivity index (χ4v) is 2.86. The van der Waals surface area contributed by atoms with Gasteiger partial charge in [-0.25, -0.2) is 0 Å².